The highest BCUT2D eigenvalue weighted by atomic mass is 16.4. The van der Waals surface area contributed by atoms with Crippen LogP contribution >= 0.6 is 0 Å². The Labute approximate surface area is 110 Å². The molecule has 0 amide bonds. The van der Waals surface area contributed by atoms with E-state index in [1.165, 1.54) is 12.3 Å². The predicted molar refractivity (Wildman–Crippen MR) is 71.9 cm³/mol. The van der Waals surface area contributed by atoms with E-state index in [2.05, 4.69) is 15.3 Å². The van der Waals surface area contributed by atoms with E-state index in [0.717, 1.165) is 11.1 Å². The highest BCUT2D eigenvalue weighted by Crippen LogP contribution is 2.18. The molecule has 19 heavy (non-hydrogen) atoms. The van der Waals surface area contributed by atoms with Crippen molar-refractivity contribution >= 4 is 17.5 Å². The van der Waals surface area contributed by atoms with Gasteiger partial charge in [0.25, 0.3) is 0 Å². The lowest BCUT2D eigenvalue weighted by molar-refractivity contribution is 0.0698. The van der Waals surface area contributed by atoms with E-state index in [4.69, 9.17) is 10.8 Å². The molecule has 0 aliphatic carbocycles. The highest BCUT2D eigenvalue weighted by molar-refractivity contribution is 5.94. The Kier molecular flexibility index (Phi) is 3.61. The molecule has 0 saturated heterocycles. The molecule has 0 radical (unpaired) electrons. The van der Waals surface area contributed by atoms with Gasteiger partial charge in [0.2, 0.25) is 0 Å². The monoisotopic (exact) mass is 258 g/mol. The highest BCUT2D eigenvalue weighted by Gasteiger charge is 2.11. The standard InChI is InChI=1S/C13H14N4O2/c1-8-2-3-15-5-9(8)6-16-11-7-17-12(14)4-10(11)13(18)19/h2-5,7,16H,6H2,1H3,(H2,14,17)(H,18,19). The molecule has 2 heterocycles. The topological polar surface area (TPSA) is 101 Å². The molecule has 6 heteroatoms. The average molecular weight is 258 g/mol. The number of carboxylic acid groups (broad SMARTS) is 1. The number of carboxylic acids is 1. The van der Waals surface area contributed by atoms with Gasteiger partial charge in [0.15, 0.2) is 0 Å². The Morgan fingerprint density at radius 2 is 2.26 bits per heavy atom. The number of nitrogen functional groups attached to an aromatic ring is 1. The summed E-state index contributed by atoms with van der Waals surface area (Å²) in [6, 6.07) is 3.23. The molecule has 4 N–H and O–H groups in total. The normalized spacial score (nSPS) is 10.2. The summed E-state index contributed by atoms with van der Waals surface area (Å²) in [4.78, 5) is 19.0. The fraction of sp³-hybridized carbons (Fsp3) is 0.154. The molecule has 0 spiro atoms. The van der Waals surface area contributed by atoms with E-state index in [1.807, 2.05) is 13.0 Å². The molecule has 98 valence electrons. The minimum Gasteiger partial charge on any atom is -0.478 e. The molecule has 0 saturated carbocycles. The number of carbonyl (C=O) groups is 1. The Hall–Kier alpha value is -2.63. The molecule has 2 aromatic rings. The molecule has 0 aliphatic rings. The molecule has 0 unspecified atom stereocenters. The van der Waals surface area contributed by atoms with Gasteiger partial charge in [0.05, 0.1) is 17.4 Å². The molecule has 2 rings (SSSR count). The van der Waals surface area contributed by atoms with Crippen molar-refractivity contribution in [1.82, 2.24) is 9.97 Å². The van der Waals surface area contributed by atoms with Crippen molar-refractivity contribution in [3.63, 3.8) is 0 Å². The van der Waals surface area contributed by atoms with Gasteiger partial charge in [-0.2, -0.15) is 0 Å². The Balaban J connectivity index is 2.20. The van der Waals surface area contributed by atoms with Crippen molar-refractivity contribution in [3.8, 4) is 0 Å². The van der Waals surface area contributed by atoms with Gasteiger partial charge in [-0.05, 0) is 30.2 Å². The third kappa shape index (κ3) is 2.98. The number of anilines is 2. The Morgan fingerprint density at radius 1 is 1.47 bits per heavy atom. The SMILES string of the molecule is Cc1ccncc1CNc1cnc(N)cc1C(=O)O. The minimum atomic E-state index is -1.04. The largest absolute Gasteiger partial charge is 0.478 e. The first-order valence-corrected chi connectivity index (χ1v) is 5.70. The zero-order chi connectivity index (χ0) is 13.8. The molecular weight excluding hydrogens is 244 g/mol. The lowest BCUT2D eigenvalue weighted by Gasteiger charge is -2.10. The number of aromatic nitrogens is 2. The van der Waals surface area contributed by atoms with Gasteiger partial charge < -0.3 is 16.2 Å². The summed E-state index contributed by atoms with van der Waals surface area (Å²) in [6.45, 7) is 2.45. The Morgan fingerprint density at radius 3 is 2.95 bits per heavy atom. The smallest absolute Gasteiger partial charge is 0.337 e. The van der Waals surface area contributed by atoms with E-state index in [-0.39, 0.29) is 11.4 Å². The van der Waals surface area contributed by atoms with Crippen LogP contribution in [-0.2, 0) is 6.54 Å². The number of nitrogens with one attached hydrogen (secondary N) is 1. The van der Waals surface area contributed by atoms with Crippen LogP contribution in [0.2, 0.25) is 0 Å². The molecule has 2 aromatic heterocycles. The number of hydrogen-bond acceptors (Lipinski definition) is 5. The Bertz CT molecular complexity index is 613. The maximum absolute atomic E-state index is 11.1. The van der Waals surface area contributed by atoms with Gasteiger partial charge in [-0.15, -0.1) is 0 Å². The van der Waals surface area contributed by atoms with E-state index in [1.54, 1.807) is 12.4 Å². The number of hydrogen-bond donors (Lipinski definition) is 3. The van der Waals surface area contributed by atoms with Crippen molar-refractivity contribution in [1.29, 1.82) is 0 Å². The number of pyridine rings is 2. The quantitative estimate of drug-likeness (QED) is 0.771. The fourth-order valence-electron chi connectivity index (χ4n) is 1.66. The van der Waals surface area contributed by atoms with Crippen LogP contribution in [0.4, 0.5) is 11.5 Å². The van der Waals surface area contributed by atoms with Crippen LogP contribution in [0.1, 0.15) is 21.5 Å². The summed E-state index contributed by atoms with van der Waals surface area (Å²) in [6.07, 6.45) is 4.88. The van der Waals surface area contributed by atoms with Crippen molar-refractivity contribution < 1.29 is 9.90 Å². The number of rotatable bonds is 4. The second-order valence-electron chi connectivity index (χ2n) is 4.12. The van der Waals surface area contributed by atoms with Crippen molar-refractivity contribution in [3.05, 3.63) is 47.4 Å². The second kappa shape index (κ2) is 5.34. The van der Waals surface area contributed by atoms with Crippen LogP contribution in [0.5, 0.6) is 0 Å². The van der Waals surface area contributed by atoms with Crippen LogP contribution in [0.15, 0.2) is 30.7 Å². The maximum atomic E-state index is 11.1. The zero-order valence-corrected chi connectivity index (χ0v) is 10.4. The van der Waals surface area contributed by atoms with Crippen molar-refractivity contribution in [2.45, 2.75) is 13.5 Å². The van der Waals surface area contributed by atoms with Crippen molar-refractivity contribution in [2.75, 3.05) is 11.1 Å². The summed E-state index contributed by atoms with van der Waals surface area (Å²) < 4.78 is 0. The van der Waals surface area contributed by atoms with Crippen LogP contribution in [0.25, 0.3) is 0 Å². The number of nitrogens with two attached hydrogens (primary N) is 1. The van der Waals surface area contributed by atoms with Crippen molar-refractivity contribution in [2.24, 2.45) is 0 Å². The van der Waals surface area contributed by atoms with E-state index < -0.39 is 5.97 Å². The number of aryl methyl sites for hydroxylation is 1. The van der Waals surface area contributed by atoms with E-state index in [0.29, 0.717) is 12.2 Å². The number of aromatic carboxylic acids is 1. The van der Waals surface area contributed by atoms with Crippen LogP contribution in [0, 0.1) is 6.92 Å². The first kappa shape index (κ1) is 12.8. The first-order chi connectivity index (χ1) is 9.08. The summed E-state index contributed by atoms with van der Waals surface area (Å²) in [7, 11) is 0. The number of nitrogens with zero attached hydrogens (tertiary/aromatic N) is 2. The molecule has 0 atom stereocenters. The summed E-state index contributed by atoms with van der Waals surface area (Å²) in [5.74, 6) is -0.861. The summed E-state index contributed by atoms with van der Waals surface area (Å²) in [5.41, 5.74) is 8.11. The summed E-state index contributed by atoms with van der Waals surface area (Å²) >= 11 is 0. The molecule has 0 bridgehead atoms. The lowest BCUT2D eigenvalue weighted by Crippen LogP contribution is -2.09. The third-order valence-electron chi connectivity index (χ3n) is 2.77. The van der Waals surface area contributed by atoms with Gasteiger partial charge in [-0.1, -0.05) is 0 Å². The predicted octanol–water partition coefficient (Wildman–Crippen LogP) is 1.68. The molecular formula is C13H14N4O2. The first-order valence-electron chi connectivity index (χ1n) is 5.70. The maximum Gasteiger partial charge on any atom is 0.337 e. The van der Waals surface area contributed by atoms with Crippen LogP contribution < -0.4 is 11.1 Å². The second-order valence-corrected chi connectivity index (χ2v) is 4.12. The van der Waals surface area contributed by atoms with E-state index in [9.17, 15) is 4.79 Å². The van der Waals surface area contributed by atoms with Crippen LogP contribution in [0.3, 0.4) is 0 Å². The molecule has 0 fully saturated rings. The van der Waals surface area contributed by atoms with E-state index >= 15 is 0 Å². The third-order valence-corrected chi connectivity index (χ3v) is 2.77. The van der Waals surface area contributed by atoms with Gasteiger partial charge in [0.1, 0.15) is 5.82 Å². The molecule has 6 nitrogen and oxygen atoms in total. The average Bonchev–Trinajstić information content (AvgIpc) is 2.38. The van der Waals surface area contributed by atoms with Gasteiger partial charge in [-0.25, -0.2) is 9.78 Å². The van der Waals surface area contributed by atoms with Gasteiger partial charge >= 0.3 is 5.97 Å². The molecule has 0 aromatic carbocycles. The fourth-order valence-corrected chi connectivity index (χ4v) is 1.66. The summed E-state index contributed by atoms with van der Waals surface area (Å²) in [5, 5.41) is 12.1. The zero-order valence-electron chi connectivity index (χ0n) is 10.4. The lowest BCUT2D eigenvalue weighted by atomic mass is 10.1. The van der Waals surface area contributed by atoms with Gasteiger partial charge in [-0.3, -0.25) is 4.98 Å². The van der Waals surface area contributed by atoms with Gasteiger partial charge in [0, 0.05) is 18.9 Å². The minimum absolute atomic E-state index is 0.106. The van der Waals surface area contributed by atoms with Crippen LogP contribution in [-0.4, -0.2) is 21.0 Å². The molecule has 0 aliphatic heterocycles.